The number of thiophene rings is 1. The van der Waals surface area contributed by atoms with Crippen LogP contribution in [0.25, 0.3) is 75.1 Å². The molecule has 0 saturated carbocycles. The fraction of sp³-hybridized carbons (Fsp3) is 0. The molecule has 1 heteroatoms. The molecule has 0 N–H and O–H groups in total. The molecule has 8 rings (SSSR count). The number of fused-ring (bicyclic) bond motifs is 5. The molecule has 7 aromatic carbocycles. The first-order valence-corrected chi connectivity index (χ1v) is 14.2. The van der Waals surface area contributed by atoms with Crippen molar-refractivity contribution >= 4 is 53.1 Å². The van der Waals surface area contributed by atoms with Gasteiger partial charge in [-0.1, -0.05) is 133 Å². The fourth-order valence-electron chi connectivity index (χ4n) is 6.26. The predicted octanol–water partition coefficient (Wildman–Crippen LogP) is 11.4. The van der Waals surface area contributed by atoms with Gasteiger partial charge in [-0.15, -0.1) is 11.3 Å². The van der Waals surface area contributed by atoms with Gasteiger partial charge in [0.2, 0.25) is 0 Å². The van der Waals surface area contributed by atoms with Gasteiger partial charge in [0.15, 0.2) is 0 Å². The van der Waals surface area contributed by atoms with Crippen molar-refractivity contribution in [1.29, 1.82) is 0 Å². The van der Waals surface area contributed by atoms with Crippen LogP contribution in [0.3, 0.4) is 0 Å². The van der Waals surface area contributed by atoms with Gasteiger partial charge in [-0.3, -0.25) is 0 Å². The lowest BCUT2D eigenvalue weighted by Crippen LogP contribution is -1.93. The Hall–Kier alpha value is -4.72. The third kappa shape index (κ3) is 3.44. The highest BCUT2D eigenvalue weighted by Crippen LogP contribution is 2.49. The van der Waals surface area contributed by atoms with E-state index < -0.39 is 0 Å². The Morgan fingerprint density at radius 1 is 0.308 bits per heavy atom. The maximum atomic E-state index is 2.36. The smallest absolute Gasteiger partial charge is 0.0362 e. The van der Waals surface area contributed by atoms with E-state index >= 15 is 0 Å². The summed E-state index contributed by atoms with van der Waals surface area (Å²) >= 11 is 1.88. The number of hydrogen-bond donors (Lipinski definition) is 0. The summed E-state index contributed by atoms with van der Waals surface area (Å²) in [5.41, 5.74) is 7.70. The monoisotopic (exact) mass is 512 g/mol. The van der Waals surface area contributed by atoms with Crippen LogP contribution < -0.4 is 0 Å². The molecule has 0 aliphatic heterocycles. The summed E-state index contributed by atoms with van der Waals surface area (Å²) in [5.74, 6) is 0. The zero-order valence-corrected chi connectivity index (χ0v) is 22.1. The van der Waals surface area contributed by atoms with Gasteiger partial charge in [-0.05, 0) is 67.1 Å². The summed E-state index contributed by atoms with van der Waals surface area (Å²) in [7, 11) is 0. The van der Waals surface area contributed by atoms with Gasteiger partial charge in [0.1, 0.15) is 0 Å². The lowest BCUT2D eigenvalue weighted by Gasteiger charge is -2.20. The second-order valence-electron chi connectivity index (χ2n) is 10.0. The average molecular weight is 513 g/mol. The molecule has 0 amide bonds. The number of rotatable bonds is 3. The standard InChI is InChI=1S/C38H24S/c1-3-13-25(14-4-1)35-27-17-7-9-19-29(27)37(30-20-10-8-18-28(30)35)32-23-24-34-38(31-21-11-12-22-33(31)39-34)36(32)26-15-5-2-6-16-26/h1-24H. The van der Waals surface area contributed by atoms with Crippen LogP contribution in [0.5, 0.6) is 0 Å². The van der Waals surface area contributed by atoms with E-state index in [1.54, 1.807) is 0 Å². The third-order valence-electron chi connectivity index (χ3n) is 7.87. The van der Waals surface area contributed by atoms with Crippen molar-refractivity contribution in [1.82, 2.24) is 0 Å². The number of hydrogen-bond acceptors (Lipinski definition) is 1. The molecule has 1 aromatic heterocycles. The third-order valence-corrected chi connectivity index (χ3v) is 9.01. The van der Waals surface area contributed by atoms with E-state index in [9.17, 15) is 0 Å². The minimum atomic E-state index is 1.25. The summed E-state index contributed by atoms with van der Waals surface area (Å²) in [5, 5.41) is 7.81. The highest BCUT2D eigenvalue weighted by Gasteiger charge is 2.21. The highest BCUT2D eigenvalue weighted by atomic mass is 32.1. The van der Waals surface area contributed by atoms with Crippen LogP contribution in [0, 0.1) is 0 Å². The minimum absolute atomic E-state index is 1.25. The van der Waals surface area contributed by atoms with E-state index in [4.69, 9.17) is 0 Å². The van der Waals surface area contributed by atoms with E-state index in [0.717, 1.165) is 0 Å². The second kappa shape index (κ2) is 8.94. The molecule has 0 atom stereocenters. The maximum absolute atomic E-state index is 2.36. The van der Waals surface area contributed by atoms with Crippen LogP contribution in [0.1, 0.15) is 0 Å². The summed E-state index contributed by atoms with van der Waals surface area (Å²) in [6, 6.07) is 53.1. The molecule has 8 aromatic rings. The Morgan fingerprint density at radius 3 is 1.36 bits per heavy atom. The molecule has 0 aliphatic carbocycles. The predicted molar refractivity (Wildman–Crippen MR) is 171 cm³/mol. The summed E-state index contributed by atoms with van der Waals surface area (Å²) in [6.45, 7) is 0. The van der Waals surface area contributed by atoms with Crippen molar-refractivity contribution in [3.05, 3.63) is 146 Å². The van der Waals surface area contributed by atoms with Crippen molar-refractivity contribution in [2.24, 2.45) is 0 Å². The van der Waals surface area contributed by atoms with Crippen LogP contribution >= 0.6 is 11.3 Å². The molecule has 0 bridgehead atoms. The lowest BCUT2D eigenvalue weighted by atomic mass is 9.83. The Morgan fingerprint density at radius 2 is 0.769 bits per heavy atom. The minimum Gasteiger partial charge on any atom is -0.135 e. The van der Waals surface area contributed by atoms with Gasteiger partial charge < -0.3 is 0 Å². The molecule has 1 heterocycles. The highest BCUT2D eigenvalue weighted by molar-refractivity contribution is 7.26. The van der Waals surface area contributed by atoms with Gasteiger partial charge in [0, 0.05) is 20.2 Å². The second-order valence-corrected chi connectivity index (χ2v) is 11.1. The zero-order valence-electron chi connectivity index (χ0n) is 21.3. The van der Waals surface area contributed by atoms with Crippen LogP contribution in [0.4, 0.5) is 0 Å². The maximum Gasteiger partial charge on any atom is 0.0362 e. The van der Waals surface area contributed by atoms with Crippen molar-refractivity contribution in [2.75, 3.05) is 0 Å². The molecule has 182 valence electrons. The molecule has 0 unspecified atom stereocenters. The van der Waals surface area contributed by atoms with Gasteiger partial charge >= 0.3 is 0 Å². The van der Waals surface area contributed by atoms with Gasteiger partial charge in [0.25, 0.3) is 0 Å². The van der Waals surface area contributed by atoms with Crippen LogP contribution in [-0.2, 0) is 0 Å². The fourth-order valence-corrected chi connectivity index (χ4v) is 7.38. The first-order chi connectivity index (χ1) is 19.4. The molecule has 0 nitrogen and oxygen atoms in total. The Balaban J connectivity index is 1.59. The Bertz CT molecular complexity index is 2090. The van der Waals surface area contributed by atoms with Crippen molar-refractivity contribution < 1.29 is 0 Å². The topological polar surface area (TPSA) is 0 Å². The van der Waals surface area contributed by atoms with E-state index in [1.807, 2.05) is 11.3 Å². The molecule has 0 saturated heterocycles. The Kier molecular flexibility index (Phi) is 5.11. The average Bonchev–Trinajstić information content (AvgIpc) is 3.39. The molecule has 0 radical (unpaired) electrons. The Labute approximate surface area is 231 Å². The van der Waals surface area contributed by atoms with Crippen molar-refractivity contribution in [2.45, 2.75) is 0 Å². The largest absolute Gasteiger partial charge is 0.135 e. The van der Waals surface area contributed by atoms with E-state index in [1.165, 1.54) is 75.1 Å². The molecular weight excluding hydrogens is 488 g/mol. The van der Waals surface area contributed by atoms with E-state index in [-0.39, 0.29) is 0 Å². The summed E-state index contributed by atoms with van der Waals surface area (Å²) in [4.78, 5) is 0. The number of benzene rings is 7. The SMILES string of the molecule is c1ccc(-c2c3ccccc3c(-c3ccc4sc5ccccc5c4c3-c3ccccc3)c3ccccc23)cc1. The molecule has 39 heavy (non-hydrogen) atoms. The molecular formula is C38H24S. The lowest BCUT2D eigenvalue weighted by molar-refractivity contribution is 1.64. The summed E-state index contributed by atoms with van der Waals surface area (Å²) < 4.78 is 2.66. The van der Waals surface area contributed by atoms with Crippen LogP contribution in [-0.4, -0.2) is 0 Å². The first-order valence-electron chi connectivity index (χ1n) is 13.4. The summed E-state index contributed by atoms with van der Waals surface area (Å²) in [6.07, 6.45) is 0. The molecule has 0 fully saturated rings. The molecule has 0 spiro atoms. The van der Waals surface area contributed by atoms with Gasteiger partial charge in [-0.2, -0.15) is 0 Å². The van der Waals surface area contributed by atoms with Crippen LogP contribution in [0.15, 0.2) is 146 Å². The molecule has 0 aliphatic rings. The van der Waals surface area contributed by atoms with E-state index in [0.29, 0.717) is 0 Å². The van der Waals surface area contributed by atoms with Crippen LogP contribution in [0.2, 0.25) is 0 Å². The van der Waals surface area contributed by atoms with Gasteiger partial charge in [-0.25, -0.2) is 0 Å². The van der Waals surface area contributed by atoms with E-state index in [2.05, 4.69) is 146 Å². The normalized spacial score (nSPS) is 11.6. The zero-order chi connectivity index (χ0) is 25.8. The van der Waals surface area contributed by atoms with Gasteiger partial charge in [0.05, 0.1) is 0 Å². The van der Waals surface area contributed by atoms with Crippen molar-refractivity contribution in [3.63, 3.8) is 0 Å². The quantitative estimate of drug-likeness (QED) is 0.207. The van der Waals surface area contributed by atoms with Crippen molar-refractivity contribution in [3.8, 4) is 33.4 Å². The first kappa shape index (κ1) is 22.3.